The summed E-state index contributed by atoms with van der Waals surface area (Å²) >= 11 is 0. The molecule has 2 heterocycles. The van der Waals surface area contributed by atoms with E-state index in [-0.39, 0.29) is 24.0 Å². The van der Waals surface area contributed by atoms with Crippen molar-refractivity contribution >= 4 is 5.78 Å². The highest BCUT2D eigenvalue weighted by molar-refractivity contribution is 6.12. The monoisotopic (exact) mass is 329 g/mol. The maximum atomic E-state index is 13.2. The van der Waals surface area contributed by atoms with E-state index >= 15 is 0 Å². The van der Waals surface area contributed by atoms with Crippen LogP contribution in [0.3, 0.4) is 0 Å². The summed E-state index contributed by atoms with van der Waals surface area (Å²) in [6.45, 7) is 1.72. The molecule has 0 atom stereocenters. The van der Waals surface area contributed by atoms with Crippen molar-refractivity contribution in [3.05, 3.63) is 28.8 Å². The highest BCUT2D eigenvalue weighted by Crippen LogP contribution is 2.43. The Morgan fingerprint density at radius 3 is 2.74 bits per heavy atom. The van der Waals surface area contributed by atoms with Crippen LogP contribution in [0.4, 0.5) is 13.2 Å². The second-order valence-corrected chi connectivity index (χ2v) is 5.29. The van der Waals surface area contributed by atoms with Crippen molar-refractivity contribution in [2.45, 2.75) is 31.9 Å². The molecule has 0 aliphatic heterocycles. The average molecular weight is 329 g/mol. The second-order valence-electron chi connectivity index (χ2n) is 5.29. The fraction of sp³-hybridized carbons (Fsp3) is 0.500. The van der Waals surface area contributed by atoms with Gasteiger partial charge in [0, 0.05) is 13.0 Å². The number of alkyl halides is 3. The van der Waals surface area contributed by atoms with Gasteiger partial charge < -0.3 is 9.26 Å². The van der Waals surface area contributed by atoms with Crippen molar-refractivity contribution in [1.29, 1.82) is 0 Å². The molecule has 0 amide bonds. The third kappa shape index (κ3) is 2.71. The molecule has 23 heavy (non-hydrogen) atoms. The molecule has 0 bridgehead atoms. The van der Waals surface area contributed by atoms with E-state index in [1.165, 1.54) is 7.05 Å². The first kappa shape index (κ1) is 15.6. The summed E-state index contributed by atoms with van der Waals surface area (Å²) in [5, 5.41) is 6.98. The lowest BCUT2D eigenvalue weighted by atomic mass is 10.0. The number of hydrogen-bond acceptors (Lipinski definition) is 5. The number of carbonyl (C=O) groups is 1. The number of ketones is 1. The summed E-state index contributed by atoms with van der Waals surface area (Å²) in [7, 11) is 1.30. The van der Waals surface area contributed by atoms with Crippen LogP contribution in [0.1, 0.15) is 53.1 Å². The van der Waals surface area contributed by atoms with Crippen molar-refractivity contribution in [1.82, 2.24) is 14.9 Å². The highest BCUT2D eigenvalue weighted by Gasteiger charge is 2.43. The first-order valence-corrected chi connectivity index (χ1v) is 7.10. The van der Waals surface area contributed by atoms with Gasteiger partial charge in [-0.2, -0.15) is 18.3 Å². The molecule has 0 N–H and O–H groups in total. The maximum Gasteiger partial charge on any atom is 0.436 e. The molecule has 1 aliphatic carbocycles. The van der Waals surface area contributed by atoms with Gasteiger partial charge in [0.1, 0.15) is 5.56 Å². The number of nitrogens with zero attached hydrogens (tertiary/aromatic N) is 3. The van der Waals surface area contributed by atoms with Gasteiger partial charge in [0.25, 0.3) is 0 Å². The Morgan fingerprint density at radius 1 is 1.48 bits per heavy atom. The Kier molecular flexibility index (Phi) is 3.65. The van der Waals surface area contributed by atoms with Crippen LogP contribution in [-0.4, -0.2) is 27.3 Å². The molecule has 0 spiro atoms. The normalized spacial score (nSPS) is 15.0. The lowest BCUT2D eigenvalue weighted by molar-refractivity contribution is -0.141. The predicted molar refractivity (Wildman–Crippen MR) is 71.3 cm³/mol. The molecule has 1 fully saturated rings. The second kappa shape index (κ2) is 5.39. The molecule has 1 aliphatic rings. The van der Waals surface area contributed by atoms with Crippen LogP contribution in [0.15, 0.2) is 10.7 Å². The minimum absolute atomic E-state index is 0.0342. The smallest absolute Gasteiger partial charge is 0.436 e. The quantitative estimate of drug-likeness (QED) is 0.789. The molecule has 3 rings (SSSR count). The topological polar surface area (TPSA) is 70.2 Å². The molecule has 2 aromatic heterocycles. The van der Waals surface area contributed by atoms with E-state index in [1.54, 1.807) is 6.92 Å². The third-order valence-corrected chi connectivity index (χ3v) is 3.56. The minimum Gasteiger partial charge on any atom is -0.478 e. The summed E-state index contributed by atoms with van der Waals surface area (Å²) in [6.07, 6.45) is -1.96. The lowest BCUT2D eigenvalue weighted by Gasteiger charge is -2.08. The Balaban J connectivity index is 2.13. The Morgan fingerprint density at radius 2 is 2.17 bits per heavy atom. The van der Waals surface area contributed by atoms with Gasteiger partial charge >= 0.3 is 6.18 Å². The number of carbonyl (C=O) groups excluding carboxylic acids is 1. The lowest BCUT2D eigenvalue weighted by Crippen LogP contribution is -2.14. The van der Waals surface area contributed by atoms with Gasteiger partial charge in [-0.1, -0.05) is 5.16 Å². The van der Waals surface area contributed by atoms with E-state index < -0.39 is 23.2 Å². The van der Waals surface area contributed by atoms with Gasteiger partial charge in [-0.15, -0.1) is 0 Å². The van der Waals surface area contributed by atoms with E-state index in [2.05, 4.69) is 10.3 Å². The molecule has 2 aromatic rings. The van der Waals surface area contributed by atoms with Gasteiger partial charge in [0.15, 0.2) is 11.5 Å². The molecular weight excluding hydrogens is 315 g/mol. The van der Waals surface area contributed by atoms with E-state index in [1.807, 2.05) is 0 Å². The molecule has 0 radical (unpaired) electrons. The Bertz CT molecular complexity index is 744. The highest BCUT2D eigenvalue weighted by atomic mass is 19.4. The van der Waals surface area contributed by atoms with Crippen molar-refractivity contribution < 1.29 is 27.2 Å². The number of ether oxygens (including phenoxy) is 1. The molecular formula is C14H14F3N3O3. The summed E-state index contributed by atoms with van der Waals surface area (Å²) in [5.74, 6) is -0.683. The summed E-state index contributed by atoms with van der Waals surface area (Å²) in [5.41, 5.74) is -1.84. The fourth-order valence-corrected chi connectivity index (χ4v) is 2.41. The van der Waals surface area contributed by atoms with Crippen LogP contribution in [0.25, 0.3) is 0 Å². The molecule has 124 valence electrons. The van der Waals surface area contributed by atoms with Crippen LogP contribution in [0, 0.1) is 0 Å². The summed E-state index contributed by atoms with van der Waals surface area (Å²) in [4.78, 5) is 12.7. The van der Waals surface area contributed by atoms with Crippen molar-refractivity contribution in [2.24, 2.45) is 7.05 Å². The standard InChI is InChI=1S/C14H14F3N3O3/c1-3-22-13-9(12(14(15,16)17)19-20(13)2)10(21)8-6-18-23-11(8)7-4-5-7/h6-7H,3-5H2,1-2H3. The third-order valence-electron chi connectivity index (χ3n) is 3.56. The first-order valence-electron chi connectivity index (χ1n) is 7.10. The molecule has 6 nitrogen and oxygen atoms in total. The largest absolute Gasteiger partial charge is 0.478 e. The van der Waals surface area contributed by atoms with E-state index in [0.717, 1.165) is 23.7 Å². The van der Waals surface area contributed by atoms with Gasteiger partial charge in [0.2, 0.25) is 11.7 Å². The fourth-order valence-electron chi connectivity index (χ4n) is 2.41. The molecule has 0 unspecified atom stereocenters. The van der Waals surface area contributed by atoms with Crippen LogP contribution in [0.5, 0.6) is 5.88 Å². The zero-order valence-corrected chi connectivity index (χ0v) is 12.5. The van der Waals surface area contributed by atoms with Gasteiger partial charge in [-0.3, -0.25) is 4.79 Å². The van der Waals surface area contributed by atoms with Crippen molar-refractivity contribution in [3.63, 3.8) is 0 Å². The number of rotatable bonds is 5. The van der Waals surface area contributed by atoms with E-state index in [0.29, 0.717) is 5.76 Å². The zero-order valence-electron chi connectivity index (χ0n) is 12.5. The van der Waals surface area contributed by atoms with Gasteiger partial charge in [-0.05, 0) is 19.8 Å². The predicted octanol–water partition coefficient (Wildman–Crippen LogP) is 2.93. The zero-order chi connectivity index (χ0) is 16.8. The summed E-state index contributed by atoms with van der Waals surface area (Å²) < 4.78 is 50.9. The van der Waals surface area contributed by atoms with Crippen LogP contribution in [-0.2, 0) is 13.2 Å². The van der Waals surface area contributed by atoms with Crippen LogP contribution >= 0.6 is 0 Å². The van der Waals surface area contributed by atoms with Crippen LogP contribution in [0.2, 0.25) is 0 Å². The molecule has 0 aromatic carbocycles. The van der Waals surface area contributed by atoms with Gasteiger partial charge in [0.05, 0.1) is 18.4 Å². The number of aryl methyl sites for hydroxylation is 1. The SMILES string of the molecule is CCOc1c(C(=O)c2cnoc2C2CC2)c(C(F)(F)F)nn1C. The van der Waals surface area contributed by atoms with Crippen molar-refractivity contribution in [2.75, 3.05) is 6.61 Å². The van der Waals surface area contributed by atoms with E-state index in [4.69, 9.17) is 9.26 Å². The Labute approximate surface area is 129 Å². The van der Waals surface area contributed by atoms with Crippen molar-refractivity contribution in [3.8, 4) is 5.88 Å². The molecule has 9 heteroatoms. The molecule has 1 saturated carbocycles. The average Bonchev–Trinajstić information content (AvgIpc) is 3.10. The first-order chi connectivity index (χ1) is 10.8. The number of aromatic nitrogens is 3. The summed E-state index contributed by atoms with van der Waals surface area (Å²) in [6, 6.07) is 0. The maximum absolute atomic E-state index is 13.2. The Hall–Kier alpha value is -2.32. The van der Waals surface area contributed by atoms with Gasteiger partial charge in [-0.25, -0.2) is 4.68 Å². The minimum atomic E-state index is -4.77. The number of hydrogen-bond donors (Lipinski definition) is 0. The van der Waals surface area contributed by atoms with Crippen LogP contribution < -0.4 is 4.74 Å². The van der Waals surface area contributed by atoms with E-state index in [9.17, 15) is 18.0 Å². The molecule has 0 saturated heterocycles. The number of halogens is 3.